The number of guanidine groups is 1. The van der Waals surface area contributed by atoms with Crippen LogP contribution >= 0.6 is 35.3 Å². The van der Waals surface area contributed by atoms with Gasteiger partial charge in [-0.25, -0.2) is 9.98 Å². The van der Waals surface area contributed by atoms with Gasteiger partial charge in [-0.15, -0.1) is 35.3 Å². The minimum Gasteiger partial charge on any atom is -0.357 e. The van der Waals surface area contributed by atoms with E-state index in [0.29, 0.717) is 6.54 Å². The summed E-state index contributed by atoms with van der Waals surface area (Å²) >= 11 is 1.71. The van der Waals surface area contributed by atoms with Crippen molar-refractivity contribution in [2.75, 3.05) is 13.1 Å². The highest BCUT2D eigenvalue weighted by molar-refractivity contribution is 14.0. The van der Waals surface area contributed by atoms with Crippen LogP contribution in [0.5, 0.6) is 0 Å². The van der Waals surface area contributed by atoms with Crippen LogP contribution in [0.1, 0.15) is 28.1 Å². The molecule has 0 spiro atoms. The molecule has 0 atom stereocenters. The highest BCUT2D eigenvalue weighted by Gasteiger charge is 2.04. The van der Waals surface area contributed by atoms with Gasteiger partial charge < -0.3 is 10.6 Å². The SMILES string of the molecule is CCNC(=NCc1nc(C)c(C)s1)NCCc1cnn(C)c1.I. The average Bonchev–Trinajstić information content (AvgIpc) is 3.03. The molecule has 6 nitrogen and oxygen atoms in total. The highest BCUT2D eigenvalue weighted by atomic mass is 127. The predicted molar refractivity (Wildman–Crippen MR) is 107 cm³/mol. The molecule has 0 aromatic carbocycles. The zero-order chi connectivity index (χ0) is 15.9. The normalized spacial score (nSPS) is 11.2. The second-order valence-electron chi connectivity index (χ2n) is 5.14. The molecule has 2 aromatic heterocycles. The molecule has 0 saturated carbocycles. The fourth-order valence-electron chi connectivity index (χ4n) is 2.02. The molecular weight excluding hydrogens is 423 g/mol. The van der Waals surface area contributed by atoms with E-state index < -0.39 is 0 Å². The van der Waals surface area contributed by atoms with Crippen molar-refractivity contribution in [1.29, 1.82) is 0 Å². The number of rotatable bonds is 6. The molecule has 2 rings (SSSR count). The monoisotopic (exact) mass is 448 g/mol. The first-order chi connectivity index (χ1) is 10.6. The number of thiazole rings is 1. The molecule has 0 bridgehead atoms. The van der Waals surface area contributed by atoms with Crippen LogP contribution in [0.4, 0.5) is 0 Å². The highest BCUT2D eigenvalue weighted by Crippen LogP contribution is 2.16. The van der Waals surface area contributed by atoms with E-state index in [4.69, 9.17) is 0 Å². The summed E-state index contributed by atoms with van der Waals surface area (Å²) in [4.78, 5) is 10.4. The maximum absolute atomic E-state index is 4.60. The average molecular weight is 448 g/mol. The molecule has 0 aliphatic rings. The first kappa shape index (κ1) is 19.9. The summed E-state index contributed by atoms with van der Waals surface area (Å²) in [5.74, 6) is 0.830. The molecular formula is C15H25IN6S. The summed E-state index contributed by atoms with van der Waals surface area (Å²) in [6.45, 7) is 8.48. The predicted octanol–water partition coefficient (Wildman–Crippen LogP) is 2.41. The molecule has 2 heterocycles. The number of nitrogens with zero attached hydrogens (tertiary/aromatic N) is 4. The lowest BCUT2D eigenvalue weighted by Gasteiger charge is -2.10. The van der Waals surface area contributed by atoms with Crippen LogP contribution in [0.25, 0.3) is 0 Å². The first-order valence-corrected chi connectivity index (χ1v) is 8.32. The lowest BCUT2D eigenvalue weighted by molar-refractivity contribution is 0.765. The third-order valence-electron chi connectivity index (χ3n) is 3.25. The van der Waals surface area contributed by atoms with Crippen LogP contribution in [0.3, 0.4) is 0 Å². The largest absolute Gasteiger partial charge is 0.357 e. The Bertz CT molecular complexity index is 614. The van der Waals surface area contributed by atoms with Crippen LogP contribution in [-0.4, -0.2) is 33.8 Å². The van der Waals surface area contributed by atoms with Gasteiger partial charge in [-0.1, -0.05) is 0 Å². The second kappa shape index (κ2) is 9.86. The molecule has 0 aliphatic heterocycles. The van der Waals surface area contributed by atoms with Gasteiger partial charge >= 0.3 is 0 Å². The van der Waals surface area contributed by atoms with E-state index in [1.807, 2.05) is 31.0 Å². The van der Waals surface area contributed by atoms with Crippen molar-refractivity contribution in [1.82, 2.24) is 25.4 Å². The number of aromatic nitrogens is 3. The van der Waals surface area contributed by atoms with Gasteiger partial charge in [-0.2, -0.15) is 5.10 Å². The van der Waals surface area contributed by atoms with Crippen LogP contribution in [0, 0.1) is 13.8 Å². The van der Waals surface area contributed by atoms with Gasteiger partial charge in [0.05, 0.1) is 18.4 Å². The molecule has 128 valence electrons. The summed E-state index contributed by atoms with van der Waals surface area (Å²) in [5, 5.41) is 11.8. The lowest BCUT2D eigenvalue weighted by Crippen LogP contribution is -2.38. The topological polar surface area (TPSA) is 67.1 Å². The molecule has 23 heavy (non-hydrogen) atoms. The standard InChI is InChI=1S/C15H24N6S.HI/c1-5-16-15(17-7-6-13-8-19-21(4)10-13)18-9-14-20-11(2)12(3)22-14;/h8,10H,5-7,9H2,1-4H3,(H2,16,17,18);1H. The fraction of sp³-hybridized carbons (Fsp3) is 0.533. The van der Waals surface area contributed by atoms with Gasteiger partial charge in [0, 0.05) is 31.2 Å². The van der Waals surface area contributed by atoms with Crippen molar-refractivity contribution in [3.05, 3.63) is 33.5 Å². The number of hydrogen-bond donors (Lipinski definition) is 2. The van der Waals surface area contributed by atoms with Gasteiger partial charge in [-0.3, -0.25) is 4.68 Å². The Morgan fingerprint density at radius 3 is 2.70 bits per heavy atom. The van der Waals surface area contributed by atoms with E-state index in [0.717, 1.165) is 36.2 Å². The lowest BCUT2D eigenvalue weighted by atomic mass is 10.2. The maximum Gasteiger partial charge on any atom is 0.191 e. The van der Waals surface area contributed by atoms with Crippen LogP contribution in [0.2, 0.25) is 0 Å². The molecule has 0 unspecified atom stereocenters. The maximum atomic E-state index is 4.60. The zero-order valence-electron chi connectivity index (χ0n) is 14.1. The number of aryl methyl sites for hydroxylation is 3. The van der Waals surface area contributed by atoms with Gasteiger partial charge in [0.1, 0.15) is 5.01 Å². The molecule has 0 fully saturated rings. The van der Waals surface area contributed by atoms with E-state index in [1.165, 1.54) is 10.4 Å². The van der Waals surface area contributed by atoms with Gasteiger partial charge in [-0.05, 0) is 32.8 Å². The molecule has 2 aromatic rings. The number of nitrogens with one attached hydrogen (secondary N) is 2. The van der Waals surface area contributed by atoms with Crippen LogP contribution < -0.4 is 10.6 Å². The van der Waals surface area contributed by atoms with Crippen molar-refractivity contribution in [2.24, 2.45) is 12.0 Å². The number of hydrogen-bond acceptors (Lipinski definition) is 4. The molecule has 0 radical (unpaired) electrons. The molecule has 0 aliphatic carbocycles. The third kappa shape index (κ3) is 6.46. The van der Waals surface area contributed by atoms with E-state index in [2.05, 4.69) is 39.6 Å². The van der Waals surface area contributed by atoms with Crippen molar-refractivity contribution < 1.29 is 0 Å². The van der Waals surface area contributed by atoms with Crippen molar-refractivity contribution in [3.8, 4) is 0 Å². The Labute approximate surface area is 158 Å². The minimum atomic E-state index is 0. The Morgan fingerprint density at radius 2 is 2.13 bits per heavy atom. The summed E-state index contributed by atoms with van der Waals surface area (Å²) in [5.41, 5.74) is 2.32. The Morgan fingerprint density at radius 1 is 1.35 bits per heavy atom. The molecule has 0 saturated heterocycles. The van der Waals surface area contributed by atoms with Crippen molar-refractivity contribution >= 4 is 41.3 Å². The zero-order valence-corrected chi connectivity index (χ0v) is 17.2. The molecule has 0 amide bonds. The minimum absolute atomic E-state index is 0. The Hall–Kier alpha value is -1.16. The second-order valence-corrected chi connectivity index (χ2v) is 6.43. The van der Waals surface area contributed by atoms with Crippen molar-refractivity contribution in [2.45, 2.75) is 33.7 Å². The number of halogens is 1. The smallest absolute Gasteiger partial charge is 0.191 e. The Kier molecular flexibility index (Phi) is 8.53. The van der Waals surface area contributed by atoms with E-state index >= 15 is 0 Å². The molecule has 8 heteroatoms. The van der Waals surface area contributed by atoms with E-state index in [9.17, 15) is 0 Å². The van der Waals surface area contributed by atoms with Crippen LogP contribution in [-0.2, 0) is 20.0 Å². The van der Waals surface area contributed by atoms with Gasteiger partial charge in [0.2, 0.25) is 0 Å². The quantitative estimate of drug-likeness (QED) is 0.405. The summed E-state index contributed by atoms with van der Waals surface area (Å²) in [6, 6.07) is 0. The molecule has 2 N–H and O–H groups in total. The van der Waals surface area contributed by atoms with E-state index in [-0.39, 0.29) is 24.0 Å². The van der Waals surface area contributed by atoms with Gasteiger partial charge in [0.15, 0.2) is 5.96 Å². The van der Waals surface area contributed by atoms with E-state index in [1.54, 1.807) is 11.3 Å². The van der Waals surface area contributed by atoms with Gasteiger partial charge in [0.25, 0.3) is 0 Å². The summed E-state index contributed by atoms with van der Waals surface area (Å²) < 4.78 is 1.82. The van der Waals surface area contributed by atoms with Crippen LogP contribution in [0.15, 0.2) is 17.4 Å². The fourth-order valence-corrected chi connectivity index (χ4v) is 2.88. The van der Waals surface area contributed by atoms with Crippen molar-refractivity contribution in [3.63, 3.8) is 0 Å². The summed E-state index contributed by atoms with van der Waals surface area (Å²) in [7, 11) is 1.93. The summed E-state index contributed by atoms with van der Waals surface area (Å²) in [6.07, 6.45) is 4.85. The third-order valence-corrected chi connectivity index (χ3v) is 4.31. The number of aliphatic imine (C=N–C) groups is 1. The Balaban J connectivity index is 0.00000264. The first-order valence-electron chi connectivity index (χ1n) is 7.51.